The Morgan fingerprint density at radius 3 is 2.27 bits per heavy atom. The molecule has 0 aliphatic carbocycles. The van der Waals surface area contributed by atoms with E-state index in [-0.39, 0.29) is 11.8 Å². The van der Waals surface area contributed by atoms with Crippen molar-refractivity contribution in [3.8, 4) is 0 Å². The maximum Gasteiger partial charge on any atom is 0.146 e. The highest BCUT2D eigenvalue weighted by atomic mass is 16.1. The lowest BCUT2D eigenvalue weighted by atomic mass is 10.1. The van der Waals surface area contributed by atoms with Gasteiger partial charge in [-0.25, -0.2) is 0 Å². The summed E-state index contributed by atoms with van der Waals surface area (Å²) in [4.78, 5) is 11.0. The van der Waals surface area contributed by atoms with Crippen LogP contribution in [0, 0.1) is 0 Å². The highest BCUT2D eigenvalue weighted by Gasteiger charge is 2.12. The molecule has 0 saturated heterocycles. The first-order chi connectivity index (χ1) is 5.07. The van der Waals surface area contributed by atoms with Crippen molar-refractivity contribution in [2.24, 2.45) is 0 Å². The number of rotatable bonds is 5. The van der Waals surface area contributed by atoms with Crippen molar-refractivity contribution in [3.63, 3.8) is 0 Å². The number of hydrogen-bond acceptors (Lipinski definition) is 2. The fraction of sp³-hybridized carbons (Fsp3) is 0.889. The summed E-state index contributed by atoms with van der Waals surface area (Å²) in [6, 6.07) is 0.468. The number of carbonyl (C=O) groups is 1. The zero-order chi connectivity index (χ0) is 8.85. The zero-order valence-electron chi connectivity index (χ0n) is 7.98. The second kappa shape index (κ2) is 5.30. The van der Waals surface area contributed by atoms with Gasteiger partial charge >= 0.3 is 0 Å². The summed E-state index contributed by atoms with van der Waals surface area (Å²) in [5.74, 6) is 0.251. The van der Waals surface area contributed by atoms with E-state index >= 15 is 0 Å². The summed E-state index contributed by atoms with van der Waals surface area (Å²) < 4.78 is 0. The van der Waals surface area contributed by atoms with Gasteiger partial charge in [-0.3, -0.25) is 4.79 Å². The molecule has 0 bridgehead atoms. The molecule has 1 atom stereocenters. The lowest BCUT2D eigenvalue weighted by Gasteiger charge is -2.17. The van der Waals surface area contributed by atoms with Crippen molar-refractivity contribution in [3.05, 3.63) is 0 Å². The number of Topliss-reactive ketones (excluding diaryl/α,β-unsaturated/α-hetero) is 1. The third kappa shape index (κ3) is 4.96. The van der Waals surface area contributed by atoms with Gasteiger partial charge in [-0.2, -0.15) is 0 Å². The first-order valence-electron chi connectivity index (χ1n) is 4.34. The van der Waals surface area contributed by atoms with Crippen molar-refractivity contribution in [2.75, 3.05) is 0 Å². The van der Waals surface area contributed by atoms with E-state index < -0.39 is 0 Å². The Morgan fingerprint density at radius 2 is 2.00 bits per heavy atom. The fourth-order valence-corrected chi connectivity index (χ4v) is 1.09. The average Bonchev–Trinajstić information content (AvgIpc) is 1.86. The highest BCUT2D eigenvalue weighted by molar-refractivity contribution is 5.81. The number of hydrogen-bond donors (Lipinski definition) is 1. The topological polar surface area (TPSA) is 29.1 Å². The van der Waals surface area contributed by atoms with E-state index in [0.29, 0.717) is 6.04 Å². The van der Waals surface area contributed by atoms with Gasteiger partial charge in [-0.05, 0) is 13.3 Å². The Bertz CT molecular complexity index is 121. The maximum absolute atomic E-state index is 11.0. The predicted molar refractivity (Wildman–Crippen MR) is 47.6 cm³/mol. The van der Waals surface area contributed by atoms with Crippen LogP contribution in [0.15, 0.2) is 0 Å². The van der Waals surface area contributed by atoms with Gasteiger partial charge in [0.05, 0.1) is 6.04 Å². The van der Waals surface area contributed by atoms with Crippen molar-refractivity contribution in [1.29, 1.82) is 0 Å². The number of carbonyl (C=O) groups excluding carboxylic acids is 1. The molecule has 0 saturated carbocycles. The minimum absolute atomic E-state index is 0.0694. The molecule has 0 aromatic heterocycles. The molecule has 66 valence electrons. The molecule has 0 aromatic rings. The summed E-state index contributed by atoms with van der Waals surface area (Å²) in [6.07, 6.45) is 2.01. The Balaban J connectivity index is 3.79. The summed E-state index contributed by atoms with van der Waals surface area (Å²) >= 11 is 0. The summed E-state index contributed by atoms with van der Waals surface area (Å²) in [5, 5.41) is 3.23. The summed E-state index contributed by atoms with van der Waals surface area (Å²) in [7, 11) is 0. The molecule has 0 spiro atoms. The maximum atomic E-state index is 11.0. The van der Waals surface area contributed by atoms with Crippen LogP contribution in [-0.4, -0.2) is 17.9 Å². The van der Waals surface area contributed by atoms with Gasteiger partial charge in [-0.15, -0.1) is 0 Å². The Labute approximate surface area is 69.4 Å². The molecule has 0 aromatic carbocycles. The quantitative estimate of drug-likeness (QED) is 0.658. The average molecular weight is 157 g/mol. The molecule has 0 aliphatic heterocycles. The lowest BCUT2D eigenvalue weighted by molar-refractivity contribution is -0.119. The van der Waals surface area contributed by atoms with Crippen LogP contribution < -0.4 is 5.32 Å². The van der Waals surface area contributed by atoms with Gasteiger partial charge in [0.25, 0.3) is 0 Å². The van der Waals surface area contributed by atoms with Crippen LogP contribution in [-0.2, 0) is 4.79 Å². The van der Waals surface area contributed by atoms with E-state index in [4.69, 9.17) is 0 Å². The van der Waals surface area contributed by atoms with E-state index in [1.165, 1.54) is 0 Å². The molecule has 0 aliphatic rings. The number of nitrogens with one attached hydrogen (secondary N) is 1. The van der Waals surface area contributed by atoms with E-state index in [1.54, 1.807) is 6.92 Å². The summed E-state index contributed by atoms with van der Waals surface area (Å²) in [6.45, 7) is 7.87. The molecule has 2 heteroatoms. The van der Waals surface area contributed by atoms with Crippen molar-refractivity contribution >= 4 is 5.78 Å². The predicted octanol–water partition coefficient (Wildman–Crippen LogP) is 1.74. The minimum atomic E-state index is 0.0694. The normalized spacial score (nSPS) is 13.5. The summed E-state index contributed by atoms with van der Waals surface area (Å²) in [5.41, 5.74) is 0. The van der Waals surface area contributed by atoms with Crippen molar-refractivity contribution < 1.29 is 4.79 Å². The van der Waals surface area contributed by atoms with Crippen LogP contribution in [0.25, 0.3) is 0 Å². The Hall–Kier alpha value is -0.370. The van der Waals surface area contributed by atoms with Gasteiger partial charge in [0.1, 0.15) is 5.78 Å². The second-order valence-electron chi connectivity index (χ2n) is 3.27. The smallest absolute Gasteiger partial charge is 0.146 e. The van der Waals surface area contributed by atoms with Crippen molar-refractivity contribution in [2.45, 2.75) is 52.6 Å². The van der Waals surface area contributed by atoms with Crippen LogP contribution in [0.3, 0.4) is 0 Å². The minimum Gasteiger partial charge on any atom is -0.305 e. The fourth-order valence-electron chi connectivity index (χ4n) is 1.09. The van der Waals surface area contributed by atoms with Crippen molar-refractivity contribution in [1.82, 2.24) is 5.32 Å². The lowest BCUT2D eigenvalue weighted by Crippen LogP contribution is -2.39. The first-order valence-corrected chi connectivity index (χ1v) is 4.34. The first kappa shape index (κ1) is 10.6. The molecule has 2 nitrogen and oxygen atoms in total. The van der Waals surface area contributed by atoms with Gasteiger partial charge in [0.15, 0.2) is 0 Å². The van der Waals surface area contributed by atoms with E-state index in [9.17, 15) is 4.79 Å². The largest absolute Gasteiger partial charge is 0.305 e. The molecule has 0 heterocycles. The SMILES string of the molecule is CCCC(NC(C)C)C(C)=O. The van der Waals surface area contributed by atoms with Crippen LogP contribution in [0.1, 0.15) is 40.5 Å². The van der Waals surface area contributed by atoms with E-state index in [0.717, 1.165) is 12.8 Å². The highest BCUT2D eigenvalue weighted by Crippen LogP contribution is 1.98. The van der Waals surface area contributed by atoms with Gasteiger partial charge in [-0.1, -0.05) is 27.2 Å². The Kier molecular flexibility index (Phi) is 5.12. The van der Waals surface area contributed by atoms with Crippen LogP contribution >= 0.6 is 0 Å². The molecule has 1 N–H and O–H groups in total. The Morgan fingerprint density at radius 1 is 1.45 bits per heavy atom. The van der Waals surface area contributed by atoms with E-state index in [1.807, 2.05) is 0 Å². The molecule has 0 amide bonds. The molecule has 0 radical (unpaired) electrons. The monoisotopic (exact) mass is 157 g/mol. The van der Waals surface area contributed by atoms with Crippen LogP contribution in [0.2, 0.25) is 0 Å². The van der Waals surface area contributed by atoms with Gasteiger partial charge < -0.3 is 5.32 Å². The molecular formula is C9H19NO. The molecule has 1 unspecified atom stereocenters. The zero-order valence-corrected chi connectivity index (χ0v) is 7.98. The number of ketones is 1. The van der Waals surface area contributed by atoms with E-state index in [2.05, 4.69) is 26.1 Å². The second-order valence-corrected chi connectivity index (χ2v) is 3.27. The van der Waals surface area contributed by atoms with Crippen LogP contribution in [0.5, 0.6) is 0 Å². The van der Waals surface area contributed by atoms with Gasteiger partial charge in [0.2, 0.25) is 0 Å². The van der Waals surface area contributed by atoms with Gasteiger partial charge in [0, 0.05) is 6.04 Å². The standard InChI is InChI=1S/C9H19NO/c1-5-6-9(8(4)11)10-7(2)3/h7,9-10H,5-6H2,1-4H3. The third-order valence-electron chi connectivity index (χ3n) is 1.60. The molecule has 11 heavy (non-hydrogen) atoms. The molecule has 0 rings (SSSR count). The molecular weight excluding hydrogens is 138 g/mol. The third-order valence-corrected chi connectivity index (χ3v) is 1.60. The van der Waals surface area contributed by atoms with Crippen LogP contribution in [0.4, 0.5) is 0 Å². The molecule has 0 fully saturated rings.